The monoisotopic (exact) mass is 485 g/mol. The number of rotatable bonds is 6. The number of cyclic esters (lactones) is 1. The van der Waals surface area contributed by atoms with Crippen LogP contribution >= 0.6 is 0 Å². The van der Waals surface area contributed by atoms with Gasteiger partial charge in [0.15, 0.2) is 17.5 Å². The molecule has 1 saturated heterocycles. The molecule has 1 aliphatic rings. The second-order valence-corrected chi connectivity index (χ2v) is 8.15. The molecule has 0 radical (unpaired) electrons. The average Bonchev–Trinajstić information content (AvgIpc) is 3.50. The lowest BCUT2D eigenvalue weighted by atomic mass is 10.0. The number of nitrogens with two attached hydrogens (primary N) is 1. The lowest BCUT2D eigenvalue weighted by Gasteiger charge is -2.10. The van der Waals surface area contributed by atoms with Crippen LogP contribution < -0.4 is 11.1 Å². The molecule has 3 N–H and O–H groups in total. The SMILES string of the molecule is Cc1c(C#N)cccc1-c1nc(N)c(F)c(-c2cn(Cc3cccc(NC4CCOC4=O)n3)nn2)n1. The summed E-state index contributed by atoms with van der Waals surface area (Å²) in [6.07, 6.45) is 2.11. The Morgan fingerprint density at radius 1 is 1.25 bits per heavy atom. The summed E-state index contributed by atoms with van der Waals surface area (Å²) in [4.78, 5) is 24.6. The van der Waals surface area contributed by atoms with Gasteiger partial charge in [-0.2, -0.15) is 5.26 Å². The van der Waals surface area contributed by atoms with Crippen molar-refractivity contribution < 1.29 is 13.9 Å². The van der Waals surface area contributed by atoms with E-state index >= 15 is 0 Å². The van der Waals surface area contributed by atoms with Gasteiger partial charge in [0.2, 0.25) is 0 Å². The molecule has 1 atom stereocenters. The van der Waals surface area contributed by atoms with Gasteiger partial charge in [-0.3, -0.25) is 0 Å². The van der Waals surface area contributed by atoms with Crippen molar-refractivity contribution in [3.63, 3.8) is 0 Å². The Labute approximate surface area is 204 Å². The van der Waals surface area contributed by atoms with Gasteiger partial charge in [-0.1, -0.05) is 23.4 Å². The van der Waals surface area contributed by atoms with Crippen LogP contribution in [0.15, 0.2) is 42.6 Å². The van der Waals surface area contributed by atoms with Crippen LogP contribution in [0.4, 0.5) is 16.0 Å². The number of nitriles is 1. The number of hydrogen-bond donors (Lipinski definition) is 2. The van der Waals surface area contributed by atoms with Gasteiger partial charge in [0.1, 0.15) is 23.2 Å². The van der Waals surface area contributed by atoms with E-state index in [0.29, 0.717) is 41.2 Å². The van der Waals surface area contributed by atoms with E-state index < -0.39 is 11.9 Å². The van der Waals surface area contributed by atoms with Gasteiger partial charge in [-0.05, 0) is 30.7 Å². The van der Waals surface area contributed by atoms with Crippen LogP contribution in [0.1, 0.15) is 23.2 Å². The fourth-order valence-corrected chi connectivity index (χ4v) is 3.86. The molecule has 0 spiro atoms. The van der Waals surface area contributed by atoms with Crippen LogP contribution in [0, 0.1) is 24.1 Å². The first-order valence-corrected chi connectivity index (χ1v) is 11.1. The first-order valence-electron chi connectivity index (χ1n) is 11.1. The Hall–Kier alpha value is -4.92. The van der Waals surface area contributed by atoms with E-state index in [1.807, 2.05) is 0 Å². The third-order valence-corrected chi connectivity index (χ3v) is 5.74. The molecule has 12 heteroatoms. The van der Waals surface area contributed by atoms with E-state index in [1.165, 1.54) is 10.9 Å². The van der Waals surface area contributed by atoms with Gasteiger partial charge in [0.05, 0.1) is 36.7 Å². The van der Waals surface area contributed by atoms with Crippen LogP contribution in [-0.4, -0.2) is 48.6 Å². The number of pyridine rings is 1. The number of carbonyl (C=O) groups is 1. The first kappa shape index (κ1) is 22.9. The number of nitrogen functional groups attached to an aromatic ring is 1. The second-order valence-electron chi connectivity index (χ2n) is 8.15. The molecule has 4 aromatic rings. The number of ether oxygens (including phenoxy) is 1. The Balaban J connectivity index is 1.41. The molecule has 36 heavy (non-hydrogen) atoms. The van der Waals surface area contributed by atoms with Gasteiger partial charge in [-0.15, -0.1) is 5.10 Å². The predicted octanol–water partition coefficient (Wildman–Crippen LogP) is 2.47. The second kappa shape index (κ2) is 9.38. The maximum Gasteiger partial charge on any atom is 0.328 e. The summed E-state index contributed by atoms with van der Waals surface area (Å²) in [5.74, 6) is -0.738. The molecule has 3 aromatic heterocycles. The van der Waals surface area contributed by atoms with Crippen LogP contribution in [0.3, 0.4) is 0 Å². The minimum atomic E-state index is -0.812. The summed E-state index contributed by atoms with van der Waals surface area (Å²) in [5.41, 5.74) is 8.24. The molecule has 0 bridgehead atoms. The molecule has 180 valence electrons. The largest absolute Gasteiger partial charge is 0.464 e. The van der Waals surface area contributed by atoms with Gasteiger partial charge in [0, 0.05) is 12.0 Å². The number of carbonyl (C=O) groups excluding carboxylic acids is 1. The Bertz CT molecular complexity index is 1510. The topological polar surface area (TPSA) is 158 Å². The summed E-state index contributed by atoms with van der Waals surface area (Å²) in [5, 5.41) is 20.5. The van der Waals surface area contributed by atoms with E-state index in [0.717, 1.165) is 0 Å². The highest BCUT2D eigenvalue weighted by molar-refractivity contribution is 5.80. The number of anilines is 2. The smallest absolute Gasteiger partial charge is 0.328 e. The molecule has 4 heterocycles. The van der Waals surface area contributed by atoms with Crippen molar-refractivity contribution in [3.05, 3.63) is 65.2 Å². The maximum absolute atomic E-state index is 14.9. The zero-order chi connectivity index (χ0) is 25.2. The van der Waals surface area contributed by atoms with E-state index in [4.69, 9.17) is 10.5 Å². The molecule has 5 rings (SSSR count). The normalized spacial score (nSPS) is 14.9. The number of nitrogens with one attached hydrogen (secondary N) is 1. The van der Waals surface area contributed by atoms with Gasteiger partial charge in [-0.25, -0.2) is 28.8 Å². The van der Waals surface area contributed by atoms with Crippen molar-refractivity contribution in [2.75, 3.05) is 17.7 Å². The highest BCUT2D eigenvalue weighted by atomic mass is 19.1. The fourth-order valence-electron chi connectivity index (χ4n) is 3.86. The molecule has 1 unspecified atom stereocenters. The maximum atomic E-state index is 14.9. The van der Waals surface area contributed by atoms with E-state index in [2.05, 4.69) is 36.7 Å². The molecule has 11 nitrogen and oxygen atoms in total. The number of hydrogen-bond acceptors (Lipinski definition) is 10. The number of esters is 1. The van der Waals surface area contributed by atoms with Crippen LogP contribution in [0.2, 0.25) is 0 Å². The highest BCUT2D eigenvalue weighted by Crippen LogP contribution is 2.28. The van der Waals surface area contributed by atoms with E-state index in [9.17, 15) is 14.4 Å². The Morgan fingerprint density at radius 2 is 2.08 bits per heavy atom. The number of halogens is 1. The lowest BCUT2D eigenvalue weighted by molar-refractivity contribution is -0.138. The Morgan fingerprint density at radius 3 is 2.86 bits per heavy atom. The van der Waals surface area contributed by atoms with Crippen LogP contribution in [-0.2, 0) is 16.1 Å². The Kier molecular flexibility index (Phi) is 5.95. The fraction of sp³-hybridized carbons (Fsp3) is 0.208. The van der Waals surface area contributed by atoms with Crippen molar-refractivity contribution in [3.8, 4) is 28.8 Å². The van der Waals surface area contributed by atoms with Crippen LogP contribution in [0.25, 0.3) is 22.8 Å². The average molecular weight is 485 g/mol. The minimum Gasteiger partial charge on any atom is -0.464 e. The zero-order valence-corrected chi connectivity index (χ0v) is 19.1. The molecular formula is C24H20FN9O2. The summed E-state index contributed by atoms with van der Waals surface area (Å²) >= 11 is 0. The summed E-state index contributed by atoms with van der Waals surface area (Å²) in [6, 6.07) is 12.2. The van der Waals surface area contributed by atoms with Crippen molar-refractivity contribution in [1.82, 2.24) is 29.9 Å². The molecule has 0 amide bonds. The molecule has 1 aromatic carbocycles. The third-order valence-electron chi connectivity index (χ3n) is 5.74. The van der Waals surface area contributed by atoms with Gasteiger partial charge < -0.3 is 15.8 Å². The van der Waals surface area contributed by atoms with Crippen molar-refractivity contribution >= 4 is 17.6 Å². The van der Waals surface area contributed by atoms with Crippen molar-refractivity contribution in [2.24, 2.45) is 0 Å². The molecule has 0 aliphatic carbocycles. The van der Waals surface area contributed by atoms with Crippen molar-refractivity contribution in [1.29, 1.82) is 5.26 Å². The molecule has 0 saturated carbocycles. The summed E-state index contributed by atoms with van der Waals surface area (Å²) in [6.45, 7) is 2.39. The standard InChI is InChI=1S/C24H20FN9O2/c1-13-14(10-26)4-2-6-16(13)23-30-21(20(25)22(27)31-23)18-12-34(33-32-18)11-15-5-3-7-19(28-15)29-17-8-9-36-24(17)35/h2-7,12,17H,8-9,11H2,1H3,(H,28,29)(H2,27,30,31). The summed E-state index contributed by atoms with van der Waals surface area (Å²) < 4.78 is 21.4. The highest BCUT2D eigenvalue weighted by Gasteiger charge is 2.26. The first-order chi connectivity index (χ1) is 17.4. The number of nitrogens with zero attached hydrogens (tertiary/aromatic N) is 7. The molecule has 1 aliphatic heterocycles. The third kappa shape index (κ3) is 4.41. The van der Waals surface area contributed by atoms with E-state index in [-0.39, 0.29) is 35.5 Å². The minimum absolute atomic E-state index is 0.103. The quantitative estimate of drug-likeness (QED) is 0.389. The summed E-state index contributed by atoms with van der Waals surface area (Å²) in [7, 11) is 0. The van der Waals surface area contributed by atoms with Gasteiger partial charge >= 0.3 is 5.97 Å². The van der Waals surface area contributed by atoms with Gasteiger partial charge in [0.25, 0.3) is 0 Å². The number of aromatic nitrogens is 6. The van der Waals surface area contributed by atoms with E-state index in [1.54, 1.807) is 43.3 Å². The number of benzene rings is 1. The lowest BCUT2D eigenvalue weighted by Crippen LogP contribution is -2.25. The predicted molar refractivity (Wildman–Crippen MR) is 127 cm³/mol. The zero-order valence-electron chi connectivity index (χ0n) is 19.1. The molecule has 1 fully saturated rings. The van der Waals surface area contributed by atoms with Crippen LogP contribution in [0.5, 0.6) is 0 Å². The van der Waals surface area contributed by atoms with Crippen molar-refractivity contribution in [2.45, 2.75) is 25.9 Å². The molecular weight excluding hydrogens is 465 g/mol.